The molecule has 0 aliphatic heterocycles. The number of hydrogen-bond acceptors (Lipinski definition) is 4. The highest BCUT2D eigenvalue weighted by Crippen LogP contribution is 2.29. The van der Waals surface area contributed by atoms with Crippen molar-refractivity contribution >= 4 is 17.3 Å². The molecule has 20 heavy (non-hydrogen) atoms. The number of benzene rings is 1. The second kappa shape index (κ2) is 5.50. The normalized spacial score (nSPS) is 10.6. The maximum Gasteiger partial charge on any atom is 0.323 e. The van der Waals surface area contributed by atoms with E-state index in [0.717, 1.165) is 33.1 Å². The van der Waals surface area contributed by atoms with Gasteiger partial charge in [0.1, 0.15) is 12.3 Å². The van der Waals surface area contributed by atoms with Crippen molar-refractivity contribution in [3.63, 3.8) is 0 Å². The molecule has 0 radical (unpaired) electrons. The molecular formula is C14H15NO4S. The molecule has 0 saturated carbocycles. The van der Waals surface area contributed by atoms with Crippen molar-refractivity contribution < 1.29 is 14.6 Å². The molecule has 0 aliphatic carbocycles. The molecule has 6 heteroatoms. The molecule has 0 amide bonds. The Bertz CT molecular complexity index is 714. The first-order chi connectivity index (χ1) is 9.43. The van der Waals surface area contributed by atoms with Gasteiger partial charge in [-0.15, -0.1) is 0 Å². The van der Waals surface area contributed by atoms with Gasteiger partial charge in [-0.25, -0.2) is 0 Å². The average molecular weight is 293 g/mol. The van der Waals surface area contributed by atoms with Gasteiger partial charge in [0.25, 0.3) is 0 Å². The van der Waals surface area contributed by atoms with Crippen LogP contribution < -0.4 is 9.61 Å². The van der Waals surface area contributed by atoms with E-state index in [1.165, 1.54) is 4.57 Å². The van der Waals surface area contributed by atoms with Crippen molar-refractivity contribution in [3.05, 3.63) is 38.3 Å². The molecule has 0 aliphatic rings. The van der Waals surface area contributed by atoms with Gasteiger partial charge in [0, 0.05) is 4.88 Å². The van der Waals surface area contributed by atoms with Crippen LogP contribution in [0.1, 0.15) is 10.4 Å². The van der Waals surface area contributed by atoms with Gasteiger partial charge in [0.2, 0.25) is 0 Å². The number of carbonyl (C=O) groups is 1. The minimum atomic E-state index is -1.03. The highest BCUT2D eigenvalue weighted by atomic mass is 32.1. The van der Waals surface area contributed by atoms with Gasteiger partial charge in [-0.2, -0.15) is 0 Å². The number of aliphatic carboxylic acids is 1. The zero-order valence-corrected chi connectivity index (χ0v) is 12.3. The first kappa shape index (κ1) is 14.3. The van der Waals surface area contributed by atoms with E-state index in [1.807, 2.05) is 32.0 Å². The Balaban J connectivity index is 2.60. The number of nitrogens with zero attached hydrogens (tertiary/aromatic N) is 1. The molecule has 0 spiro atoms. The highest BCUT2D eigenvalue weighted by molar-refractivity contribution is 7.09. The van der Waals surface area contributed by atoms with Gasteiger partial charge in [0.05, 0.1) is 12.8 Å². The van der Waals surface area contributed by atoms with Crippen LogP contribution in [-0.2, 0) is 11.3 Å². The molecule has 5 nitrogen and oxygen atoms in total. The lowest BCUT2D eigenvalue weighted by Crippen LogP contribution is -2.19. The molecular weight excluding hydrogens is 278 g/mol. The van der Waals surface area contributed by atoms with Crippen LogP contribution in [0.4, 0.5) is 0 Å². The lowest BCUT2D eigenvalue weighted by molar-refractivity contribution is -0.137. The minimum absolute atomic E-state index is 0.256. The zero-order valence-electron chi connectivity index (χ0n) is 11.5. The summed E-state index contributed by atoms with van der Waals surface area (Å²) in [6.45, 7) is 3.40. The summed E-state index contributed by atoms with van der Waals surface area (Å²) in [7, 11) is 1.60. The maximum absolute atomic E-state index is 11.9. The van der Waals surface area contributed by atoms with Crippen molar-refractivity contribution in [3.8, 4) is 17.0 Å². The Morgan fingerprint density at radius 3 is 2.65 bits per heavy atom. The van der Waals surface area contributed by atoms with Crippen molar-refractivity contribution in [2.45, 2.75) is 20.4 Å². The molecule has 0 unspecified atom stereocenters. The zero-order chi connectivity index (χ0) is 14.9. The van der Waals surface area contributed by atoms with Crippen LogP contribution in [-0.4, -0.2) is 22.8 Å². The molecule has 0 bridgehead atoms. The lowest BCUT2D eigenvalue weighted by Gasteiger charge is -2.10. The maximum atomic E-state index is 11.9. The molecule has 106 valence electrons. The monoisotopic (exact) mass is 293 g/mol. The summed E-state index contributed by atoms with van der Waals surface area (Å²) >= 11 is 1.06. The van der Waals surface area contributed by atoms with Gasteiger partial charge in [0.15, 0.2) is 0 Å². The molecule has 0 saturated heterocycles. The van der Waals surface area contributed by atoms with Gasteiger partial charge in [-0.1, -0.05) is 11.3 Å². The van der Waals surface area contributed by atoms with Gasteiger partial charge < -0.3 is 9.84 Å². The van der Waals surface area contributed by atoms with Gasteiger partial charge in [-0.05, 0) is 43.2 Å². The Hall–Kier alpha value is -2.08. The minimum Gasteiger partial charge on any atom is -0.496 e. The summed E-state index contributed by atoms with van der Waals surface area (Å²) in [5.41, 5.74) is 2.42. The summed E-state index contributed by atoms with van der Waals surface area (Å²) in [6, 6.07) is 5.54. The molecule has 0 fully saturated rings. The molecule has 1 aromatic carbocycles. The molecule has 2 rings (SSSR count). The Kier molecular flexibility index (Phi) is 3.94. The van der Waals surface area contributed by atoms with E-state index in [-0.39, 0.29) is 11.4 Å². The number of methoxy groups -OCH3 is 1. The van der Waals surface area contributed by atoms with Crippen LogP contribution in [0.2, 0.25) is 0 Å². The first-order valence-electron chi connectivity index (χ1n) is 6.01. The van der Waals surface area contributed by atoms with Crippen LogP contribution in [0.15, 0.2) is 23.0 Å². The predicted octanol–water partition coefficient (Wildman–Crippen LogP) is 2.29. The fourth-order valence-electron chi connectivity index (χ4n) is 2.18. The van der Waals surface area contributed by atoms with Gasteiger partial charge >= 0.3 is 10.8 Å². The number of hydrogen-bond donors (Lipinski definition) is 1. The smallest absolute Gasteiger partial charge is 0.323 e. The van der Waals surface area contributed by atoms with E-state index in [2.05, 4.69) is 0 Å². The van der Waals surface area contributed by atoms with Crippen molar-refractivity contribution in [1.29, 1.82) is 0 Å². The second-order valence-electron chi connectivity index (χ2n) is 4.44. The van der Waals surface area contributed by atoms with Crippen molar-refractivity contribution in [2.75, 3.05) is 7.11 Å². The third-order valence-electron chi connectivity index (χ3n) is 3.03. The number of aromatic nitrogens is 1. The van der Waals surface area contributed by atoms with Crippen molar-refractivity contribution in [2.24, 2.45) is 0 Å². The van der Waals surface area contributed by atoms with Crippen LogP contribution >= 0.6 is 11.3 Å². The average Bonchev–Trinajstić information content (AvgIpc) is 2.63. The van der Waals surface area contributed by atoms with E-state index >= 15 is 0 Å². The van der Waals surface area contributed by atoms with E-state index in [4.69, 9.17) is 9.84 Å². The summed E-state index contributed by atoms with van der Waals surface area (Å²) in [5, 5.41) is 8.93. The molecule has 2 aromatic rings. The Morgan fingerprint density at radius 2 is 2.10 bits per heavy atom. The third kappa shape index (κ3) is 2.60. The van der Waals surface area contributed by atoms with Crippen LogP contribution in [0.5, 0.6) is 5.75 Å². The van der Waals surface area contributed by atoms with E-state index in [9.17, 15) is 9.59 Å². The fraction of sp³-hybridized carbons (Fsp3) is 0.286. The van der Waals surface area contributed by atoms with Crippen LogP contribution in [0, 0.1) is 13.8 Å². The number of ether oxygens (including phenoxy) is 1. The van der Waals surface area contributed by atoms with E-state index < -0.39 is 5.97 Å². The fourth-order valence-corrected chi connectivity index (χ4v) is 3.03. The van der Waals surface area contributed by atoms with Gasteiger partial charge in [-0.3, -0.25) is 14.2 Å². The first-order valence-corrected chi connectivity index (χ1v) is 6.82. The molecule has 1 N–H and O–H groups in total. The Morgan fingerprint density at radius 1 is 1.40 bits per heavy atom. The highest BCUT2D eigenvalue weighted by Gasteiger charge is 2.16. The third-order valence-corrected chi connectivity index (χ3v) is 3.92. The lowest BCUT2D eigenvalue weighted by atomic mass is 10.1. The topological polar surface area (TPSA) is 68.5 Å². The summed E-state index contributed by atoms with van der Waals surface area (Å²) in [4.78, 5) is 23.3. The molecule has 1 aromatic heterocycles. The Labute approximate surface area is 120 Å². The quantitative estimate of drug-likeness (QED) is 0.939. The predicted molar refractivity (Wildman–Crippen MR) is 77.7 cm³/mol. The van der Waals surface area contributed by atoms with E-state index in [1.54, 1.807) is 7.11 Å². The summed E-state index contributed by atoms with van der Waals surface area (Å²) in [6.07, 6.45) is 0. The molecule has 0 atom stereocenters. The number of aryl methyl sites for hydroxylation is 2. The number of rotatable bonds is 4. The second-order valence-corrected chi connectivity index (χ2v) is 5.60. The largest absolute Gasteiger partial charge is 0.496 e. The number of carboxylic acid groups (broad SMARTS) is 1. The summed E-state index contributed by atoms with van der Waals surface area (Å²) in [5.74, 6) is -0.273. The van der Waals surface area contributed by atoms with Crippen molar-refractivity contribution in [1.82, 2.24) is 4.57 Å². The summed E-state index contributed by atoms with van der Waals surface area (Å²) < 4.78 is 6.50. The number of carboxylic acids is 1. The SMILES string of the molecule is COc1ccc(-c2c(C)sc(=O)n2CC(=O)O)cc1C. The standard InChI is InChI=1S/C14H15NO4S/c1-8-6-10(4-5-11(8)19-3)13-9(2)20-14(18)15(13)7-12(16)17/h4-6H,7H2,1-3H3,(H,16,17). The van der Waals surface area contributed by atoms with Crippen LogP contribution in [0.25, 0.3) is 11.3 Å². The van der Waals surface area contributed by atoms with E-state index in [0.29, 0.717) is 5.69 Å². The number of thiazole rings is 1. The van der Waals surface area contributed by atoms with Crippen LogP contribution in [0.3, 0.4) is 0 Å². The molecule has 1 heterocycles.